The molecule has 0 saturated carbocycles. The number of amidine groups is 1. The van der Waals surface area contributed by atoms with Crippen molar-refractivity contribution in [3.63, 3.8) is 0 Å². The van der Waals surface area contributed by atoms with E-state index in [1.54, 1.807) is 13.8 Å². The normalized spacial score (nSPS) is 14.5. The molecule has 0 aromatic heterocycles. The van der Waals surface area contributed by atoms with Gasteiger partial charge in [0, 0.05) is 6.42 Å². The molecule has 0 amide bonds. The van der Waals surface area contributed by atoms with E-state index in [2.05, 4.69) is 0 Å². The Morgan fingerprint density at radius 2 is 2.09 bits per heavy atom. The smallest absolute Gasteiger partial charge is 0.0911 e. The maximum absolute atomic E-state index is 9.23. The van der Waals surface area contributed by atoms with E-state index < -0.39 is 11.5 Å². The summed E-state index contributed by atoms with van der Waals surface area (Å²) in [6.45, 7) is 3.23. The highest BCUT2D eigenvalue weighted by Crippen LogP contribution is 2.24. The summed E-state index contributed by atoms with van der Waals surface area (Å²) >= 11 is 0. The number of aliphatic hydroxyl groups excluding tert-OH is 2. The fourth-order valence-corrected chi connectivity index (χ4v) is 0.856. The van der Waals surface area contributed by atoms with Crippen LogP contribution in [0, 0.1) is 10.8 Å². The molecule has 0 bridgehead atoms. The van der Waals surface area contributed by atoms with Crippen LogP contribution in [0.15, 0.2) is 0 Å². The van der Waals surface area contributed by atoms with Gasteiger partial charge in [0.1, 0.15) is 0 Å². The predicted molar refractivity (Wildman–Crippen MR) is 43.4 cm³/mol. The molecule has 0 fully saturated rings. The van der Waals surface area contributed by atoms with Crippen molar-refractivity contribution < 1.29 is 10.2 Å². The standard InChI is InChI=1S/C7H16N2O2/c1-7(2,3-6(8)9)5(11)4-10/h5,10-11H,3-4H2,1-2H3,(H3,8,9). The molecule has 4 nitrogen and oxygen atoms in total. The van der Waals surface area contributed by atoms with Crippen molar-refractivity contribution in [2.75, 3.05) is 6.61 Å². The van der Waals surface area contributed by atoms with Gasteiger partial charge >= 0.3 is 0 Å². The molecule has 0 aliphatic rings. The fourth-order valence-electron chi connectivity index (χ4n) is 0.856. The molecular formula is C7H16N2O2. The van der Waals surface area contributed by atoms with Crippen molar-refractivity contribution in [1.29, 1.82) is 5.41 Å². The Hall–Kier alpha value is -0.610. The number of nitrogens with two attached hydrogens (primary N) is 1. The van der Waals surface area contributed by atoms with E-state index in [4.69, 9.17) is 16.2 Å². The second-order valence-electron chi connectivity index (χ2n) is 3.39. The van der Waals surface area contributed by atoms with Crippen LogP contribution >= 0.6 is 0 Å². The largest absolute Gasteiger partial charge is 0.394 e. The van der Waals surface area contributed by atoms with Gasteiger partial charge in [0.2, 0.25) is 0 Å². The average molecular weight is 160 g/mol. The Labute approximate surface area is 66.5 Å². The van der Waals surface area contributed by atoms with Gasteiger partial charge in [0.15, 0.2) is 0 Å². The number of rotatable bonds is 4. The minimum Gasteiger partial charge on any atom is -0.394 e. The van der Waals surface area contributed by atoms with Gasteiger partial charge in [0.05, 0.1) is 18.5 Å². The highest BCUT2D eigenvalue weighted by Gasteiger charge is 2.27. The Balaban J connectivity index is 4.08. The molecule has 0 radical (unpaired) electrons. The third-order valence-electron chi connectivity index (χ3n) is 1.72. The minimum absolute atomic E-state index is 0.0301. The van der Waals surface area contributed by atoms with Crippen LogP contribution in [0.4, 0.5) is 0 Å². The summed E-state index contributed by atoms with van der Waals surface area (Å²) < 4.78 is 0. The maximum Gasteiger partial charge on any atom is 0.0911 e. The van der Waals surface area contributed by atoms with E-state index >= 15 is 0 Å². The van der Waals surface area contributed by atoms with Crippen LogP contribution in [0.3, 0.4) is 0 Å². The molecule has 0 aromatic carbocycles. The van der Waals surface area contributed by atoms with E-state index in [1.165, 1.54) is 0 Å². The molecule has 0 aromatic rings. The lowest BCUT2D eigenvalue weighted by Gasteiger charge is -2.28. The maximum atomic E-state index is 9.23. The van der Waals surface area contributed by atoms with E-state index in [9.17, 15) is 5.11 Å². The number of aliphatic hydroxyl groups is 2. The number of nitrogens with one attached hydrogen (secondary N) is 1. The lowest BCUT2D eigenvalue weighted by atomic mass is 9.83. The minimum atomic E-state index is -0.814. The van der Waals surface area contributed by atoms with Crippen LogP contribution < -0.4 is 5.73 Å². The van der Waals surface area contributed by atoms with Crippen LogP contribution in [0.1, 0.15) is 20.3 Å². The first-order valence-corrected chi connectivity index (χ1v) is 3.52. The van der Waals surface area contributed by atoms with Gasteiger partial charge in [-0.15, -0.1) is 0 Å². The Bertz CT molecular complexity index is 145. The highest BCUT2D eigenvalue weighted by molar-refractivity contribution is 5.77. The van der Waals surface area contributed by atoms with Gasteiger partial charge in [-0.3, -0.25) is 5.41 Å². The first kappa shape index (κ1) is 10.4. The lowest BCUT2D eigenvalue weighted by Crippen LogP contribution is -2.35. The molecule has 0 heterocycles. The van der Waals surface area contributed by atoms with Gasteiger partial charge < -0.3 is 15.9 Å². The van der Waals surface area contributed by atoms with Crippen molar-refractivity contribution in [2.45, 2.75) is 26.4 Å². The van der Waals surface area contributed by atoms with Crippen LogP contribution in [-0.2, 0) is 0 Å². The van der Waals surface area contributed by atoms with Crippen molar-refractivity contribution >= 4 is 5.84 Å². The summed E-state index contributed by atoms with van der Waals surface area (Å²) in [6.07, 6.45) is -0.513. The monoisotopic (exact) mass is 160 g/mol. The third-order valence-corrected chi connectivity index (χ3v) is 1.72. The molecule has 66 valence electrons. The second-order valence-corrected chi connectivity index (χ2v) is 3.39. The van der Waals surface area contributed by atoms with Gasteiger partial charge in [-0.25, -0.2) is 0 Å². The van der Waals surface area contributed by atoms with Crippen molar-refractivity contribution in [2.24, 2.45) is 11.1 Å². The zero-order chi connectivity index (χ0) is 9.07. The summed E-state index contributed by atoms with van der Waals surface area (Å²) in [5.74, 6) is 0.0301. The van der Waals surface area contributed by atoms with Gasteiger partial charge in [-0.2, -0.15) is 0 Å². The summed E-state index contributed by atoms with van der Waals surface area (Å²) in [5.41, 5.74) is 4.65. The molecular weight excluding hydrogens is 144 g/mol. The molecule has 0 aliphatic carbocycles. The average Bonchev–Trinajstić information content (AvgIpc) is 1.83. The SMILES string of the molecule is CC(C)(CC(=N)N)C(O)CO. The zero-order valence-electron chi connectivity index (χ0n) is 6.96. The zero-order valence-corrected chi connectivity index (χ0v) is 6.96. The highest BCUT2D eigenvalue weighted by atomic mass is 16.3. The summed E-state index contributed by atoms with van der Waals surface area (Å²) in [4.78, 5) is 0. The molecule has 4 heteroatoms. The van der Waals surface area contributed by atoms with Crippen LogP contribution in [-0.4, -0.2) is 28.8 Å². The summed E-state index contributed by atoms with van der Waals surface area (Å²) in [6, 6.07) is 0. The van der Waals surface area contributed by atoms with Gasteiger partial charge in [0.25, 0.3) is 0 Å². The Morgan fingerprint density at radius 3 is 2.36 bits per heavy atom. The summed E-state index contributed by atoms with van der Waals surface area (Å²) in [7, 11) is 0. The second kappa shape index (κ2) is 3.69. The van der Waals surface area contributed by atoms with E-state index in [0.29, 0.717) is 6.42 Å². The molecule has 0 saturated heterocycles. The van der Waals surface area contributed by atoms with Crippen LogP contribution in [0.2, 0.25) is 0 Å². The molecule has 1 unspecified atom stereocenters. The third kappa shape index (κ3) is 3.34. The Morgan fingerprint density at radius 1 is 1.64 bits per heavy atom. The Kier molecular flexibility index (Phi) is 3.48. The molecule has 0 rings (SSSR count). The molecule has 5 N–H and O–H groups in total. The fraction of sp³-hybridized carbons (Fsp3) is 0.857. The van der Waals surface area contributed by atoms with Crippen LogP contribution in [0.25, 0.3) is 0 Å². The summed E-state index contributed by atoms with van der Waals surface area (Å²) in [5, 5.41) is 24.9. The first-order chi connectivity index (χ1) is 4.90. The van der Waals surface area contributed by atoms with E-state index in [-0.39, 0.29) is 12.4 Å². The van der Waals surface area contributed by atoms with Gasteiger partial charge in [-0.1, -0.05) is 13.8 Å². The van der Waals surface area contributed by atoms with Gasteiger partial charge in [-0.05, 0) is 5.41 Å². The van der Waals surface area contributed by atoms with E-state index in [0.717, 1.165) is 0 Å². The number of hydrogen-bond donors (Lipinski definition) is 4. The molecule has 1 atom stereocenters. The van der Waals surface area contributed by atoms with Crippen molar-refractivity contribution in [1.82, 2.24) is 0 Å². The number of hydrogen-bond acceptors (Lipinski definition) is 3. The molecule has 11 heavy (non-hydrogen) atoms. The van der Waals surface area contributed by atoms with E-state index in [1.807, 2.05) is 0 Å². The van der Waals surface area contributed by atoms with Crippen LogP contribution in [0.5, 0.6) is 0 Å². The first-order valence-electron chi connectivity index (χ1n) is 3.52. The predicted octanol–water partition coefficient (Wildman–Crippen LogP) is -0.308. The molecule has 0 spiro atoms. The lowest BCUT2D eigenvalue weighted by molar-refractivity contribution is 0.00714. The topological polar surface area (TPSA) is 90.3 Å². The quantitative estimate of drug-likeness (QED) is 0.336. The van der Waals surface area contributed by atoms with Crippen molar-refractivity contribution in [3.05, 3.63) is 0 Å². The molecule has 0 aliphatic heterocycles. The van der Waals surface area contributed by atoms with Crippen molar-refractivity contribution in [3.8, 4) is 0 Å².